The third-order valence-electron chi connectivity index (χ3n) is 1.98. The van der Waals surface area contributed by atoms with Gasteiger partial charge >= 0.3 is 6.03 Å². The summed E-state index contributed by atoms with van der Waals surface area (Å²) >= 11 is 0. The Morgan fingerprint density at radius 3 is 2.25 bits per heavy atom. The smallest absolute Gasteiger partial charge is 0.315 e. The molecule has 1 atom stereocenters. The van der Waals surface area contributed by atoms with Crippen molar-refractivity contribution in [1.82, 2.24) is 10.6 Å². The number of carbonyl (C=O) groups is 1. The maximum Gasteiger partial charge on any atom is 0.315 e. The van der Waals surface area contributed by atoms with Crippen molar-refractivity contribution in [2.24, 2.45) is 5.41 Å². The summed E-state index contributed by atoms with van der Waals surface area (Å²) in [5, 5.41) is 5.57. The van der Waals surface area contributed by atoms with Gasteiger partial charge in [-0.05, 0) is 19.3 Å². The first-order valence-corrected chi connectivity index (χ1v) is 4.42. The fraction of sp³-hybridized carbons (Fsp3) is 0.889. The van der Waals surface area contributed by atoms with Crippen molar-refractivity contribution in [1.29, 1.82) is 0 Å². The van der Waals surface area contributed by atoms with Crippen molar-refractivity contribution in [2.75, 3.05) is 6.54 Å². The summed E-state index contributed by atoms with van der Waals surface area (Å²) < 4.78 is 0. The third kappa shape index (κ3) is 4.21. The zero-order valence-electron chi connectivity index (χ0n) is 8.69. The fourth-order valence-corrected chi connectivity index (χ4v) is 0.625. The lowest BCUT2D eigenvalue weighted by Gasteiger charge is -2.27. The molecule has 0 aromatic heterocycles. The average Bonchev–Trinajstić information content (AvgIpc) is 1.85. The molecule has 2 amide bonds. The van der Waals surface area contributed by atoms with Crippen molar-refractivity contribution in [3.8, 4) is 0 Å². The summed E-state index contributed by atoms with van der Waals surface area (Å²) in [6.07, 6.45) is 0. The molecule has 1 unspecified atom stereocenters. The molecule has 0 heterocycles. The molecule has 0 radical (unpaired) electrons. The first-order valence-electron chi connectivity index (χ1n) is 4.42. The van der Waals surface area contributed by atoms with Crippen molar-refractivity contribution >= 4 is 6.03 Å². The van der Waals surface area contributed by atoms with Gasteiger partial charge in [0.25, 0.3) is 0 Å². The fourth-order valence-electron chi connectivity index (χ4n) is 0.625. The second-order valence-electron chi connectivity index (χ2n) is 4.09. The molecule has 12 heavy (non-hydrogen) atoms. The highest BCUT2D eigenvalue weighted by atomic mass is 16.2. The number of hydrogen-bond acceptors (Lipinski definition) is 1. The molecule has 0 aliphatic carbocycles. The Morgan fingerprint density at radius 2 is 1.92 bits per heavy atom. The summed E-state index contributed by atoms with van der Waals surface area (Å²) in [5.74, 6) is 0. The van der Waals surface area contributed by atoms with Gasteiger partial charge in [-0.25, -0.2) is 4.79 Å². The number of amides is 2. The summed E-state index contributed by atoms with van der Waals surface area (Å²) in [6.45, 7) is 10.9. The van der Waals surface area contributed by atoms with E-state index in [0.29, 0.717) is 6.54 Å². The molecular weight excluding hydrogens is 152 g/mol. The first kappa shape index (κ1) is 11.3. The van der Waals surface area contributed by atoms with Crippen LogP contribution in [0.3, 0.4) is 0 Å². The van der Waals surface area contributed by atoms with Crippen LogP contribution >= 0.6 is 0 Å². The van der Waals surface area contributed by atoms with Gasteiger partial charge in [-0.15, -0.1) is 0 Å². The van der Waals surface area contributed by atoms with Crippen LogP contribution < -0.4 is 10.6 Å². The molecular formula is C9H20N2O. The zero-order chi connectivity index (χ0) is 9.78. The van der Waals surface area contributed by atoms with Gasteiger partial charge in [0, 0.05) is 12.6 Å². The lowest BCUT2D eigenvalue weighted by Crippen LogP contribution is -2.46. The second kappa shape index (κ2) is 4.33. The van der Waals surface area contributed by atoms with E-state index in [2.05, 4.69) is 31.4 Å². The second-order valence-corrected chi connectivity index (χ2v) is 4.09. The molecule has 0 aliphatic heterocycles. The van der Waals surface area contributed by atoms with E-state index in [0.717, 1.165) is 0 Å². The Balaban J connectivity index is 3.84. The molecule has 0 aromatic carbocycles. The van der Waals surface area contributed by atoms with Crippen LogP contribution in [0.1, 0.15) is 34.6 Å². The Bertz CT molecular complexity index is 149. The maximum absolute atomic E-state index is 11.1. The van der Waals surface area contributed by atoms with Gasteiger partial charge in [0.15, 0.2) is 0 Å². The largest absolute Gasteiger partial charge is 0.338 e. The standard InChI is InChI=1S/C9H20N2O/c1-6-10-8(12)11-7(2)9(3,4)5/h7H,6H2,1-5H3,(H2,10,11,12). The molecule has 0 saturated carbocycles. The highest BCUT2D eigenvalue weighted by Gasteiger charge is 2.20. The van der Waals surface area contributed by atoms with Crippen LogP contribution in [0.5, 0.6) is 0 Å². The lowest BCUT2D eigenvalue weighted by atomic mass is 9.88. The van der Waals surface area contributed by atoms with Crippen molar-refractivity contribution in [3.05, 3.63) is 0 Å². The van der Waals surface area contributed by atoms with E-state index in [1.54, 1.807) is 0 Å². The predicted molar refractivity (Wildman–Crippen MR) is 51.1 cm³/mol. The van der Waals surface area contributed by atoms with E-state index in [1.807, 2.05) is 13.8 Å². The van der Waals surface area contributed by atoms with Crippen LogP contribution in [-0.2, 0) is 0 Å². The minimum absolute atomic E-state index is 0.0834. The summed E-state index contributed by atoms with van der Waals surface area (Å²) in [5.41, 5.74) is 0.116. The molecule has 0 spiro atoms. The summed E-state index contributed by atoms with van der Waals surface area (Å²) in [6, 6.07) is 0.101. The first-order chi connectivity index (χ1) is 5.38. The molecule has 3 heteroatoms. The van der Waals surface area contributed by atoms with Crippen LogP contribution in [-0.4, -0.2) is 18.6 Å². The average molecular weight is 172 g/mol. The van der Waals surface area contributed by atoms with Gasteiger partial charge in [-0.2, -0.15) is 0 Å². The molecule has 2 N–H and O–H groups in total. The Kier molecular flexibility index (Phi) is 4.07. The summed E-state index contributed by atoms with van der Waals surface area (Å²) in [7, 11) is 0. The molecule has 0 fully saturated rings. The van der Waals surface area contributed by atoms with Gasteiger partial charge in [0.05, 0.1) is 0 Å². The SMILES string of the molecule is CCNC(=O)NC(C)C(C)(C)C. The van der Waals surface area contributed by atoms with Gasteiger partial charge in [-0.3, -0.25) is 0 Å². The van der Waals surface area contributed by atoms with E-state index < -0.39 is 0 Å². The monoisotopic (exact) mass is 172 g/mol. The highest BCUT2D eigenvalue weighted by Crippen LogP contribution is 2.17. The van der Waals surface area contributed by atoms with Gasteiger partial charge in [0.1, 0.15) is 0 Å². The van der Waals surface area contributed by atoms with Crippen molar-refractivity contribution in [2.45, 2.75) is 40.7 Å². The van der Waals surface area contributed by atoms with Crippen LogP contribution in [0.2, 0.25) is 0 Å². The zero-order valence-corrected chi connectivity index (χ0v) is 8.69. The Hall–Kier alpha value is -0.730. The van der Waals surface area contributed by atoms with Gasteiger partial charge in [-0.1, -0.05) is 20.8 Å². The van der Waals surface area contributed by atoms with Crippen LogP contribution in [0.4, 0.5) is 4.79 Å². The molecule has 0 saturated heterocycles. The van der Waals surface area contributed by atoms with Crippen molar-refractivity contribution in [3.63, 3.8) is 0 Å². The van der Waals surface area contributed by atoms with Gasteiger partial charge in [0.2, 0.25) is 0 Å². The lowest BCUT2D eigenvalue weighted by molar-refractivity contribution is 0.223. The molecule has 72 valence electrons. The number of rotatable bonds is 2. The number of carbonyl (C=O) groups excluding carboxylic acids is 1. The van der Waals surface area contributed by atoms with Crippen molar-refractivity contribution < 1.29 is 4.79 Å². The third-order valence-corrected chi connectivity index (χ3v) is 1.98. The van der Waals surface area contributed by atoms with E-state index >= 15 is 0 Å². The van der Waals surface area contributed by atoms with E-state index in [1.165, 1.54) is 0 Å². The molecule has 0 bridgehead atoms. The number of nitrogens with one attached hydrogen (secondary N) is 2. The molecule has 0 rings (SSSR count). The van der Waals surface area contributed by atoms with Crippen LogP contribution in [0, 0.1) is 5.41 Å². The minimum atomic E-state index is -0.0834. The van der Waals surface area contributed by atoms with Gasteiger partial charge < -0.3 is 10.6 Å². The highest BCUT2D eigenvalue weighted by molar-refractivity contribution is 5.74. The number of hydrogen-bond donors (Lipinski definition) is 2. The molecule has 0 aliphatic rings. The normalized spacial score (nSPS) is 13.8. The quantitative estimate of drug-likeness (QED) is 0.654. The van der Waals surface area contributed by atoms with E-state index in [4.69, 9.17) is 0 Å². The Labute approximate surface area is 74.9 Å². The molecule has 0 aromatic rings. The minimum Gasteiger partial charge on any atom is -0.338 e. The number of urea groups is 1. The summed E-state index contributed by atoms with van der Waals surface area (Å²) in [4.78, 5) is 11.1. The van der Waals surface area contributed by atoms with Crippen LogP contribution in [0.15, 0.2) is 0 Å². The predicted octanol–water partition coefficient (Wildman–Crippen LogP) is 1.74. The Morgan fingerprint density at radius 1 is 1.42 bits per heavy atom. The van der Waals surface area contributed by atoms with E-state index in [-0.39, 0.29) is 17.5 Å². The topological polar surface area (TPSA) is 41.1 Å². The maximum atomic E-state index is 11.1. The van der Waals surface area contributed by atoms with Crippen LogP contribution in [0.25, 0.3) is 0 Å². The van der Waals surface area contributed by atoms with E-state index in [9.17, 15) is 4.79 Å². The molecule has 3 nitrogen and oxygen atoms in total.